The Kier molecular flexibility index (Phi) is 4.82. The summed E-state index contributed by atoms with van der Waals surface area (Å²) in [7, 11) is 0. The largest absolute Gasteiger partial charge is 0.396 e. The SMILES string of the molecule is Nc1c(Cl)cc(C(=O)Cc2c(Cl)cccc2Cl)cc1Cl. The highest BCUT2D eigenvalue weighted by Crippen LogP contribution is 2.30. The van der Waals surface area contributed by atoms with Crippen molar-refractivity contribution < 1.29 is 4.79 Å². The van der Waals surface area contributed by atoms with Gasteiger partial charge in [0.25, 0.3) is 0 Å². The first-order chi connectivity index (χ1) is 9.40. The second kappa shape index (κ2) is 6.23. The number of hydrogen-bond acceptors (Lipinski definition) is 2. The highest BCUT2D eigenvalue weighted by atomic mass is 35.5. The Morgan fingerprint density at radius 2 is 1.45 bits per heavy atom. The van der Waals surface area contributed by atoms with Gasteiger partial charge in [0.2, 0.25) is 0 Å². The molecule has 0 aliphatic heterocycles. The lowest BCUT2D eigenvalue weighted by atomic mass is 10.0. The molecule has 0 radical (unpaired) electrons. The Balaban J connectivity index is 2.34. The van der Waals surface area contributed by atoms with Crippen molar-refractivity contribution in [2.24, 2.45) is 0 Å². The molecule has 0 heterocycles. The van der Waals surface area contributed by atoms with E-state index in [-0.39, 0.29) is 27.9 Å². The molecule has 104 valence electrons. The van der Waals surface area contributed by atoms with E-state index in [0.29, 0.717) is 21.2 Å². The number of Topliss-reactive ketones (excluding diaryl/α,β-unsaturated/α-hetero) is 1. The number of carbonyl (C=O) groups excluding carboxylic acids is 1. The van der Waals surface area contributed by atoms with Crippen LogP contribution in [0.1, 0.15) is 15.9 Å². The molecule has 2 N–H and O–H groups in total. The molecule has 0 amide bonds. The second-order valence-electron chi connectivity index (χ2n) is 4.15. The first-order valence-corrected chi connectivity index (χ1v) is 7.12. The Labute approximate surface area is 136 Å². The minimum Gasteiger partial charge on any atom is -0.396 e. The summed E-state index contributed by atoms with van der Waals surface area (Å²) in [5.74, 6) is -0.191. The van der Waals surface area contributed by atoms with E-state index in [4.69, 9.17) is 52.1 Å². The Morgan fingerprint density at radius 3 is 1.95 bits per heavy atom. The lowest BCUT2D eigenvalue weighted by molar-refractivity contribution is 0.0993. The maximum absolute atomic E-state index is 12.3. The van der Waals surface area contributed by atoms with Crippen molar-refractivity contribution in [1.82, 2.24) is 0 Å². The number of anilines is 1. The molecule has 2 aromatic rings. The summed E-state index contributed by atoms with van der Waals surface area (Å²) < 4.78 is 0. The summed E-state index contributed by atoms with van der Waals surface area (Å²) in [6, 6.07) is 8.04. The molecule has 0 spiro atoms. The van der Waals surface area contributed by atoms with Crippen LogP contribution in [0.15, 0.2) is 30.3 Å². The average molecular weight is 349 g/mol. The number of benzene rings is 2. The predicted molar refractivity (Wildman–Crippen MR) is 85.4 cm³/mol. The van der Waals surface area contributed by atoms with Crippen LogP contribution in [-0.2, 0) is 6.42 Å². The molecule has 20 heavy (non-hydrogen) atoms. The van der Waals surface area contributed by atoms with Gasteiger partial charge in [0, 0.05) is 22.0 Å². The average Bonchev–Trinajstić information content (AvgIpc) is 2.39. The van der Waals surface area contributed by atoms with Crippen molar-refractivity contribution in [3.05, 3.63) is 61.5 Å². The summed E-state index contributed by atoms with van der Waals surface area (Å²) in [5.41, 5.74) is 6.82. The highest BCUT2D eigenvalue weighted by molar-refractivity contribution is 6.39. The normalized spacial score (nSPS) is 10.6. The molecule has 6 heteroatoms. The van der Waals surface area contributed by atoms with Gasteiger partial charge in [-0.3, -0.25) is 4.79 Å². The van der Waals surface area contributed by atoms with E-state index in [1.807, 2.05) is 0 Å². The molecule has 0 bridgehead atoms. The van der Waals surface area contributed by atoms with Crippen molar-refractivity contribution in [2.75, 3.05) is 5.73 Å². The van der Waals surface area contributed by atoms with Crippen molar-refractivity contribution in [3.63, 3.8) is 0 Å². The number of carbonyl (C=O) groups is 1. The zero-order valence-electron chi connectivity index (χ0n) is 10.1. The Bertz CT molecular complexity index is 642. The molecule has 0 saturated carbocycles. The fourth-order valence-corrected chi connectivity index (χ4v) is 2.73. The van der Waals surface area contributed by atoms with Crippen LogP contribution in [0.5, 0.6) is 0 Å². The number of rotatable bonds is 3. The molecule has 2 rings (SSSR count). The third-order valence-corrected chi connectivity index (χ3v) is 4.13. The lowest BCUT2D eigenvalue weighted by Crippen LogP contribution is -2.05. The first-order valence-electron chi connectivity index (χ1n) is 5.60. The number of hydrogen-bond donors (Lipinski definition) is 1. The first kappa shape index (κ1) is 15.5. The highest BCUT2D eigenvalue weighted by Gasteiger charge is 2.15. The van der Waals surface area contributed by atoms with E-state index in [0.717, 1.165) is 0 Å². The van der Waals surface area contributed by atoms with Crippen LogP contribution >= 0.6 is 46.4 Å². The number of nitrogens with two attached hydrogens (primary N) is 1. The van der Waals surface area contributed by atoms with Crippen molar-refractivity contribution in [2.45, 2.75) is 6.42 Å². The maximum atomic E-state index is 12.3. The standard InChI is InChI=1S/C14H9Cl4NO/c15-9-2-1-3-10(16)8(9)6-13(20)7-4-11(17)14(19)12(18)5-7/h1-5H,6,19H2. The van der Waals surface area contributed by atoms with E-state index >= 15 is 0 Å². The number of nitrogen functional groups attached to an aromatic ring is 1. The van der Waals surface area contributed by atoms with E-state index in [1.165, 1.54) is 12.1 Å². The zero-order chi connectivity index (χ0) is 14.9. The lowest BCUT2D eigenvalue weighted by Gasteiger charge is -2.08. The summed E-state index contributed by atoms with van der Waals surface area (Å²) in [5, 5.41) is 1.37. The fraction of sp³-hybridized carbons (Fsp3) is 0.0714. The topological polar surface area (TPSA) is 43.1 Å². The van der Waals surface area contributed by atoms with Gasteiger partial charge < -0.3 is 5.73 Å². The molecule has 2 nitrogen and oxygen atoms in total. The van der Waals surface area contributed by atoms with Gasteiger partial charge in [-0.2, -0.15) is 0 Å². The smallest absolute Gasteiger partial charge is 0.167 e. The summed E-state index contributed by atoms with van der Waals surface area (Å²) in [6.45, 7) is 0. The minimum atomic E-state index is -0.191. The van der Waals surface area contributed by atoms with Crippen molar-refractivity contribution in [3.8, 4) is 0 Å². The van der Waals surface area contributed by atoms with Crippen LogP contribution in [0.25, 0.3) is 0 Å². The van der Waals surface area contributed by atoms with Crippen molar-refractivity contribution in [1.29, 1.82) is 0 Å². The molecule has 0 fully saturated rings. The number of halogens is 4. The fourth-order valence-electron chi connectivity index (χ4n) is 1.71. The van der Waals surface area contributed by atoms with Crippen molar-refractivity contribution >= 4 is 57.9 Å². The van der Waals surface area contributed by atoms with Gasteiger partial charge >= 0.3 is 0 Å². The Morgan fingerprint density at radius 1 is 0.950 bits per heavy atom. The molecule has 0 aliphatic rings. The van der Waals surface area contributed by atoms with Gasteiger partial charge in [0.1, 0.15) is 0 Å². The molecule has 0 aromatic heterocycles. The van der Waals surface area contributed by atoms with Gasteiger partial charge in [-0.1, -0.05) is 52.5 Å². The quantitative estimate of drug-likeness (QED) is 0.603. The zero-order valence-corrected chi connectivity index (χ0v) is 13.1. The van der Waals surface area contributed by atoms with Crippen LogP contribution in [-0.4, -0.2) is 5.78 Å². The summed E-state index contributed by atoms with van der Waals surface area (Å²) in [4.78, 5) is 12.3. The van der Waals surface area contributed by atoms with Crippen LogP contribution in [0.2, 0.25) is 20.1 Å². The Hall–Kier alpha value is -0.930. The van der Waals surface area contributed by atoms with Crippen LogP contribution in [0.4, 0.5) is 5.69 Å². The molecular formula is C14H9Cl4NO. The molecule has 0 saturated heterocycles. The van der Waals surface area contributed by atoms with E-state index in [2.05, 4.69) is 0 Å². The van der Waals surface area contributed by atoms with Crippen LogP contribution in [0.3, 0.4) is 0 Å². The molecule has 0 atom stereocenters. The maximum Gasteiger partial charge on any atom is 0.167 e. The van der Waals surface area contributed by atoms with E-state index in [9.17, 15) is 4.79 Å². The number of ketones is 1. The monoisotopic (exact) mass is 347 g/mol. The third kappa shape index (κ3) is 3.21. The van der Waals surface area contributed by atoms with Gasteiger partial charge in [-0.25, -0.2) is 0 Å². The van der Waals surface area contributed by atoms with E-state index < -0.39 is 0 Å². The summed E-state index contributed by atoms with van der Waals surface area (Å²) >= 11 is 23.9. The van der Waals surface area contributed by atoms with Crippen LogP contribution in [0, 0.1) is 0 Å². The van der Waals surface area contributed by atoms with Gasteiger partial charge in [0.05, 0.1) is 15.7 Å². The van der Waals surface area contributed by atoms with Gasteiger partial charge in [-0.05, 0) is 29.8 Å². The minimum absolute atomic E-state index is 0.0646. The van der Waals surface area contributed by atoms with E-state index in [1.54, 1.807) is 18.2 Å². The second-order valence-corrected chi connectivity index (χ2v) is 5.78. The molecule has 2 aromatic carbocycles. The van der Waals surface area contributed by atoms with Gasteiger partial charge in [0.15, 0.2) is 5.78 Å². The summed E-state index contributed by atoms with van der Waals surface area (Å²) in [6.07, 6.45) is 0.0646. The van der Waals surface area contributed by atoms with Gasteiger partial charge in [-0.15, -0.1) is 0 Å². The third-order valence-electron chi connectivity index (χ3n) is 2.80. The molecule has 0 aliphatic carbocycles. The molecule has 0 unspecified atom stereocenters. The predicted octanol–water partition coefficient (Wildman–Crippen LogP) is 5.31. The molecular weight excluding hydrogens is 340 g/mol. The van der Waals surface area contributed by atoms with Crippen LogP contribution < -0.4 is 5.73 Å².